The van der Waals surface area contributed by atoms with Crippen LogP contribution in [0.3, 0.4) is 0 Å². The molecular weight excluding hydrogens is 422 g/mol. The van der Waals surface area contributed by atoms with E-state index in [1.165, 1.54) is 43.5 Å². The van der Waals surface area contributed by atoms with Crippen LogP contribution in [0.2, 0.25) is 0 Å². The molecule has 1 aliphatic heterocycles. The van der Waals surface area contributed by atoms with Crippen LogP contribution in [0, 0.1) is 16.0 Å². The maximum absolute atomic E-state index is 12.4. The van der Waals surface area contributed by atoms with Crippen molar-refractivity contribution < 1.29 is 33.6 Å². The third kappa shape index (κ3) is 5.06. The van der Waals surface area contributed by atoms with Crippen molar-refractivity contribution in [1.29, 1.82) is 0 Å². The van der Waals surface area contributed by atoms with Gasteiger partial charge in [0, 0.05) is 18.1 Å². The van der Waals surface area contributed by atoms with E-state index in [0.717, 1.165) is 5.01 Å². The molecule has 0 spiro atoms. The topological polar surface area (TPSA) is 145 Å². The van der Waals surface area contributed by atoms with Gasteiger partial charge in [-0.3, -0.25) is 39.7 Å². The number of hydrogen-bond acceptors (Lipinski definition) is 8. The van der Waals surface area contributed by atoms with Crippen molar-refractivity contribution in [2.45, 2.75) is 6.42 Å². The van der Waals surface area contributed by atoms with E-state index in [2.05, 4.69) is 5.43 Å². The predicted molar refractivity (Wildman–Crippen MR) is 109 cm³/mol. The molecule has 32 heavy (non-hydrogen) atoms. The average molecular weight is 441 g/mol. The molecule has 166 valence electrons. The molecule has 0 radical (unpaired) electrons. The van der Waals surface area contributed by atoms with E-state index >= 15 is 0 Å². The molecule has 2 aromatic carbocycles. The monoisotopic (exact) mass is 441 g/mol. The van der Waals surface area contributed by atoms with Crippen molar-refractivity contribution in [3.63, 3.8) is 0 Å². The number of hydrogen-bond donors (Lipinski definition) is 1. The Morgan fingerprint density at radius 1 is 1.16 bits per heavy atom. The second-order valence-corrected chi connectivity index (χ2v) is 6.88. The Morgan fingerprint density at radius 3 is 2.50 bits per heavy atom. The lowest BCUT2D eigenvalue weighted by atomic mass is 10.1. The minimum absolute atomic E-state index is 0.180. The number of nitro benzene ring substituents is 1. The van der Waals surface area contributed by atoms with Gasteiger partial charge in [0.05, 0.1) is 24.5 Å². The lowest BCUT2D eigenvalue weighted by Crippen LogP contribution is -2.43. The standard InChI is InChI=1S/C21H19N3O8/c1-31-15-8-6-13(7-9-15)18(25)12-32-21(28)14-10-19(26)23(11-14)22-20(27)16-4-2-3-5-17(16)24(29)30/h2-9,14H,10-12H2,1H3,(H,22,27)/t14-/m1/s1. The van der Waals surface area contributed by atoms with E-state index in [1.807, 2.05) is 0 Å². The molecule has 0 aromatic heterocycles. The first-order chi connectivity index (χ1) is 15.3. The molecule has 0 unspecified atom stereocenters. The lowest BCUT2D eigenvalue weighted by molar-refractivity contribution is -0.385. The molecule has 1 N–H and O–H groups in total. The number of Topliss-reactive ketones (excluding diaryl/α,β-unsaturated/α-hetero) is 1. The van der Waals surface area contributed by atoms with Crippen LogP contribution in [0.15, 0.2) is 48.5 Å². The van der Waals surface area contributed by atoms with Crippen molar-refractivity contribution in [2.75, 3.05) is 20.3 Å². The number of rotatable bonds is 8. The third-order valence-electron chi connectivity index (χ3n) is 4.80. The van der Waals surface area contributed by atoms with Crippen molar-refractivity contribution in [3.05, 3.63) is 69.8 Å². The number of esters is 1. The SMILES string of the molecule is COc1ccc(C(=O)COC(=O)[C@@H]2CC(=O)N(NC(=O)c3ccccc3[N+](=O)[O-])C2)cc1. The summed E-state index contributed by atoms with van der Waals surface area (Å²) in [4.78, 5) is 59.4. The fraction of sp³-hybridized carbons (Fsp3) is 0.238. The van der Waals surface area contributed by atoms with E-state index < -0.39 is 46.7 Å². The maximum atomic E-state index is 12.4. The largest absolute Gasteiger partial charge is 0.497 e. The van der Waals surface area contributed by atoms with Crippen molar-refractivity contribution in [1.82, 2.24) is 10.4 Å². The molecule has 0 saturated carbocycles. The van der Waals surface area contributed by atoms with Gasteiger partial charge >= 0.3 is 5.97 Å². The Bertz CT molecular complexity index is 1070. The summed E-state index contributed by atoms with van der Waals surface area (Å²) in [6.45, 7) is -0.681. The molecular formula is C21H19N3O8. The third-order valence-corrected chi connectivity index (χ3v) is 4.80. The van der Waals surface area contributed by atoms with Crippen LogP contribution in [0.1, 0.15) is 27.1 Å². The van der Waals surface area contributed by atoms with Gasteiger partial charge in [0.25, 0.3) is 11.6 Å². The zero-order valence-corrected chi connectivity index (χ0v) is 17.0. The molecule has 2 aromatic rings. The second kappa shape index (κ2) is 9.69. The fourth-order valence-electron chi connectivity index (χ4n) is 3.10. The van der Waals surface area contributed by atoms with Crippen LogP contribution in [0.25, 0.3) is 0 Å². The van der Waals surface area contributed by atoms with E-state index in [4.69, 9.17) is 9.47 Å². The molecule has 2 amide bonds. The zero-order chi connectivity index (χ0) is 23.3. The van der Waals surface area contributed by atoms with E-state index in [1.54, 1.807) is 12.1 Å². The minimum Gasteiger partial charge on any atom is -0.497 e. The first-order valence-electron chi connectivity index (χ1n) is 9.48. The van der Waals surface area contributed by atoms with E-state index in [0.29, 0.717) is 11.3 Å². The highest BCUT2D eigenvalue weighted by Crippen LogP contribution is 2.21. The molecule has 1 aliphatic rings. The number of nitrogens with one attached hydrogen (secondary N) is 1. The molecule has 0 aliphatic carbocycles. The molecule has 11 nitrogen and oxygen atoms in total. The average Bonchev–Trinajstić information content (AvgIpc) is 3.17. The highest BCUT2D eigenvalue weighted by Gasteiger charge is 2.37. The van der Waals surface area contributed by atoms with Crippen molar-refractivity contribution in [3.8, 4) is 5.75 Å². The highest BCUT2D eigenvalue weighted by atomic mass is 16.6. The summed E-state index contributed by atoms with van der Waals surface area (Å²) in [6, 6.07) is 11.6. The molecule has 0 bridgehead atoms. The molecule has 1 saturated heterocycles. The van der Waals surface area contributed by atoms with Gasteiger partial charge in [-0.15, -0.1) is 0 Å². The summed E-state index contributed by atoms with van der Waals surface area (Å²) in [5.41, 5.74) is 1.98. The van der Waals surface area contributed by atoms with Crippen LogP contribution >= 0.6 is 0 Å². The van der Waals surface area contributed by atoms with Crippen molar-refractivity contribution >= 4 is 29.3 Å². The number of ketones is 1. The Balaban J connectivity index is 1.55. The Morgan fingerprint density at radius 2 is 1.84 bits per heavy atom. The molecule has 3 rings (SSSR count). The van der Waals surface area contributed by atoms with Gasteiger partial charge < -0.3 is 9.47 Å². The number of carbonyl (C=O) groups is 4. The number of benzene rings is 2. The summed E-state index contributed by atoms with van der Waals surface area (Å²) >= 11 is 0. The van der Waals surface area contributed by atoms with Crippen LogP contribution < -0.4 is 10.2 Å². The number of nitrogens with zero attached hydrogens (tertiary/aromatic N) is 2. The van der Waals surface area contributed by atoms with Gasteiger partial charge in [-0.25, -0.2) is 0 Å². The van der Waals surface area contributed by atoms with Crippen LogP contribution in [-0.2, 0) is 14.3 Å². The van der Waals surface area contributed by atoms with Crippen LogP contribution in [0.4, 0.5) is 5.69 Å². The highest BCUT2D eigenvalue weighted by molar-refractivity contribution is 6.00. The first kappa shape index (κ1) is 22.4. The van der Waals surface area contributed by atoms with E-state index in [-0.39, 0.29) is 18.5 Å². The Labute approximate surface area is 182 Å². The van der Waals surface area contributed by atoms with Gasteiger partial charge in [0.1, 0.15) is 11.3 Å². The van der Waals surface area contributed by atoms with Crippen molar-refractivity contribution in [2.24, 2.45) is 5.92 Å². The summed E-state index contributed by atoms with van der Waals surface area (Å²) < 4.78 is 10.0. The number of carbonyl (C=O) groups excluding carboxylic acids is 4. The van der Waals surface area contributed by atoms with Crippen LogP contribution in [0.5, 0.6) is 5.75 Å². The van der Waals surface area contributed by atoms with Gasteiger partial charge in [-0.2, -0.15) is 0 Å². The molecule has 11 heteroatoms. The van der Waals surface area contributed by atoms with Gasteiger partial charge in [0.15, 0.2) is 12.4 Å². The second-order valence-electron chi connectivity index (χ2n) is 6.88. The van der Waals surface area contributed by atoms with Gasteiger partial charge in [-0.1, -0.05) is 12.1 Å². The maximum Gasteiger partial charge on any atom is 0.311 e. The number of methoxy groups -OCH3 is 1. The number of ether oxygens (including phenoxy) is 2. The summed E-state index contributed by atoms with van der Waals surface area (Å²) in [6.07, 6.45) is -0.229. The summed E-state index contributed by atoms with van der Waals surface area (Å²) in [7, 11) is 1.49. The zero-order valence-electron chi connectivity index (χ0n) is 17.0. The summed E-state index contributed by atoms with van der Waals surface area (Å²) in [5, 5.41) is 12.0. The first-order valence-corrected chi connectivity index (χ1v) is 9.48. The smallest absolute Gasteiger partial charge is 0.311 e. The number of hydrazine groups is 1. The number of para-hydroxylation sites is 1. The Hall–Kier alpha value is -4.28. The number of nitro groups is 1. The number of amides is 2. The molecule has 1 fully saturated rings. The predicted octanol–water partition coefficient (Wildman–Crippen LogP) is 1.52. The fourth-order valence-corrected chi connectivity index (χ4v) is 3.10. The van der Waals surface area contributed by atoms with Crippen LogP contribution in [-0.4, -0.2) is 53.8 Å². The molecule has 1 atom stereocenters. The molecule has 1 heterocycles. The quantitative estimate of drug-likeness (QED) is 0.281. The normalized spacial score (nSPS) is 15.2. The minimum atomic E-state index is -0.891. The Kier molecular flexibility index (Phi) is 6.78. The van der Waals surface area contributed by atoms with E-state index in [9.17, 15) is 29.3 Å². The lowest BCUT2D eigenvalue weighted by Gasteiger charge is -2.17. The van der Waals surface area contributed by atoms with Gasteiger partial charge in [0.2, 0.25) is 5.91 Å². The van der Waals surface area contributed by atoms with Gasteiger partial charge in [-0.05, 0) is 30.3 Å². The summed E-state index contributed by atoms with van der Waals surface area (Å²) in [5.74, 6) is -2.91.